The predicted molar refractivity (Wildman–Crippen MR) is 121 cm³/mol. The van der Waals surface area contributed by atoms with Gasteiger partial charge in [0.15, 0.2) is 11.6 Å². The van der Waals surface area contributed by atoms with Crippen LogP contribution in [0.5, 0.6) is 17.2 Å². The highest BCUT2D eigenvalue weighted by Crippen LogP contribution is 2.48. The number of halogens is 2. The van der Waals surface area contributed by atoms with Gasteiger partial charge in [-0.3, -0.25) is 0 Å². The SMILES string of the molecule is CCCCCOc1ccc(C2c3ccc(O)cc3OCC2c2ccc(F)cc2C)cc1F. The molecule has 0 fully saturated rings. The number of fused-ring (bicyclic) bond motifs is 1. The quantitative estimate of drug-likeness (QED) is 0.410. The summed E-state index contributed by atoms with van der Waals surface area (Å²) in [5, 5.41) is 9.91. The van der Waals surface area contributed by atoms with Gasteiger partial charge in [0.2, 0.25) is 0 Å². The van der Waals surface area contributed by atoms with E-state index in [4.69, 9.17) is 9.47 Å². The third-order valence-corrected chi connectivity index (χ3v) is 6.10. The first kappa shape index (κ1) is 22.1. The summed E-state index contributed by atoms with van der Waals surface area (Å²) < 4.78 is 40.3. The van der Waals surface area contributed by atoms with E-state index >= 15 is 0 Å². The van der Waals surface area contributed by atoms with E-state index in [0.29, 0.717) is 19.0 Å². The van der Waals surface area contributed by atoms with Gasteiger partial charge in [0.25, 0.3) is 0 Å². The molecule has 1 aliphatic heterocycles. The third kappa shape index (κ3) is 4.57. The van der Waals surface area contributed by atoms with Gasteiger partial charge in [-0.1, -0.05) is 38.0 Å². The Morgan fingerprint density at radius 2 is 1.81 bits per heavy atom. The number of phenolic OH excluding ortho intramolecular Hbond substituents is 1. The van der Waals surface area contributed by atoms with E-state index in [-0.39, 0.29) is 29.2 Å². The highest BCUT2D eigenvalue weighted by molar-refractivity contribution is 5.51. The predicted octanol–water partition coefficient (Wildman–Crippen LogP) is 6.86. The van der Waals surface area contributed by atoms with Crippen LogP contribution in [0.2, 0.25) is 0 Å². The summed E-state index contributed by atoms with van der Waals surface area (Å²) in [5.41, 5.74) is 3.42. The Morgan fingerprint density at radius 1 is 1.00 bits per heavy atom. The second kappa shape index (κ2) is 9.60. The molecule has 0 amide bonds. The van der Waals surface area contributed by atoms with Crippen molar-refractivity contribution in [1.29, 1.82) is 0 Å². The number of rotatable bonds is 7. The molecule has 5 heteroatoms. The largest absolute Gasteiger partial charge is 0.508 e. The molecule has 1 aliphatic rings. The molecule has 0 saturated carbocycles. The maximum absolute atomic E-state index is 15.0. The summed E-state index contributed by atoms with van der Waals surface area (Å²) in [7, 11) is 0. The lowest BCUT2D eigenvalue weighted by Crippen LogP contribution is -2.26. The van der Waals surface area contributed by atoms with Gasteiger partial charge in [-0.15, -0.1) is 0 Å². The van der Waals surface area contributed by atoms with E-state index in [1.54, 1.807) is 24.3 Å². The molecule has 0 spiro atoms. The third-order valence-electron chi connectivity index (χ3n) is 6.10. The van der Waals surface area contributed by atoms with Crippen LogP contribution in [-0.4, -0.2) is 18.3 Å². The number of phenols is 1. The highest BCUT2D eigenvalue weighted by atomic mass is 19.1. The van der Waals surface area contributed by atoms with Gasteiger partial charge < -0.3 is 14.6 Å². The standard InChI is InChI=1S/C27H28F2O3/c1-3-4-5-12-31-25-11-6-18(14-24(25)29)27-22-10-8-20(30)15-26(22)32-16-23(27)21-9-7-19(28)13-17(21)2/h6-11,13-15,23,27,30H,3-5,12,16H2,1-2H3. The zero-order chi connectivity index (χ0) is 22.7. The van der Waals surface area contributed by atoms with Crippen molar-refractivity contribution < 1.29 is 23.4 Å². The van der Waals surface area contributed by atoms with Crippen LogP contribution in [0, 0.1) is 18.6 Å². The summed E-state index contributed by atoms with van der Waals surface area (Å²) in [6, 6.07) is 14.8. The number of hydrogen-bond donors (Lipinski definition) is 1. The van der Waals surface area contributed by atoms with Gasteiger partial charge in [-0.05, 0) is 60.4 Å². The Morgan fingerprint density at radius 3 is 2.56 bits per heavy atom. The van der Waals surface area contributed by atoms with Crippen LogP contribution in [0.3, 0.4) is 0 Å². The van der Waals surface area contributed by atoms with Crippen molar-refractivity contribution in [2.45, 2.75) is 44.9 Å². The molecule has 0 aromatic heterocycles. The minimum Gasteiger partial charge on any atom is -0.508 e. The van der Waals surface area contributed by atoms with Gasteiger partial charge >= 0.3 is 0 Å². The normalized spacial score (nSPS) is 17.5. The van der Waals surface area contributed by atoms with Crippen molar-refractivity contribution in [2.75, 3.05) is 13.2 Å². The molecule has 3 nitrogen and oxygen atoms in total. The van der Waals surface area contributed by atoms with E-state index < -0.39 is 5.82 Å². The van der Waals surface area contributed by atoms with E-state index in [1.807, 2.05) is 19.1 Å². The monoisotopic (exact) mass is 438 g/mol. The number of benzene rings is 3. The van der Waals surface area contributed by atoms with Crippen LogP contribution in [0.1, 0.15) is 60.3 Å². The summed E-state index contributed by atoms with van der Waals surface area (Å²) in [6.07, 6.45) is 3.01. The van der Waals surface area contributed by atoms with Crippen molar-refractivity contribution in [1.82, 2.24) is 0 Å². The van der Waals surface area contributed by atoms with E-state index in [9.17, 15) is 13.9 Å². The summed E-state index contributed by atoms with van der Waals surface area (Å²) >= 11 is 0. The van der Waals surface area contributed by atoms with Gasteiger partial charge in [0.05, 0.1) is 13.2 Å². The Labute approximate surface area is 187 Å². The second-order valence-electron chi connectivity index (χ2n) is 8.36. The van der Waals surface area contributed by atoms with Crippen molar-refractivity contribution in [3.8, 4) is 17.2 Å². The minimum absolute atomic E-state index is 0.112. The molecule has 1 N–H and O–H groups in total. The van der Waals surface area contributed by atoms with Gasteiger partial charge in [-0.25, -0.2) is 8.78 Å². The van der Waals surface area contributed by atoms with Crippen LogP contribution in [0.15, 0.2) is 54.6 Å². The molecule has 32 heavy (non-hydrogen) atoms. The van der Waals surface area contributed by atoms with Crippen LogP contribution in [-0.2, 0) is 0 Å². The Hall–Kier alpha value is -3.08. The average molecular weight is 439 g/mol. The van der Waals surface area contributed by atoms with Crippen LogP contribution >= 0.6 is 0 Å². The van der Waals surface area contributed by atoms with Crippen molar-refractivity contribution in [2.24, 2.45) is 0 Å². The lowest BCUT2D eigenvalue weighted by atomic mass is 9.75. The molecule has 3 aromatic carbocycles. The summed E-state index contributed by atoms with van der Waals surface area (Å²) in [5.74, 6) is -0.110. The molecule has 3 aromatic rings. The van der Waals surface area contributed by atoms with Crippen LogP contribution in [0.4, 0.5) is 8.78 Å². The zero-order valence-corrected chi connectivity index (χ0v) is 18.4. The van der Waals surface area contributed by atoms with Crippen molar-refractivity contribution in [3.05, 3.63) is 88.5 Å². The molecule has 2 atom stereocenters. The molecule has 0 bridgehead atoms. The Bertz CT molecular complexity index is 1100. The van der Waals surface area contributed by atoms with Crippen molar-refractivity contribution in [3.63, 3.8) is 0 Å². The molecule has 0 saturated heterocycles. The summed E-state index contributed by atoms with van der Waals surface area (Å²) in [6.45, 7) is 4.81. The minimum atomic E-state index is -0.402. The molecule has 4 rings (SSSR count). The van der Waals surface area contributed by atoms with Gasteiger partial charge in [0.1, 0.15) is 17.3 Å². The topological polar surface area (TPSA) is 38.7 Å². The molecule has 2 unspecified atom stereocenters. The van der Waals surface area contributed by atoms with Gasteiger partial charge in [-0.2, -0.15) is 0 Å². The number of aromatic hydroxyl groups is 1. The molecule has 1 heterocycles. The fourth-order valence-electron chi connectivity index (χ4n) is 4.50. The molecule has 168 valence electrons. The lowest BCUT2D eigenvalue weighted by Gasteiger charge is -2.35. The maximum Gasteiger partial charge on any atom is 0.165 e. The second-order valence-corrected chi connectivity index (χ2v) is 8.36. The van der Waals surface area contributed by atoms with Gasteiger partial charge in [0, 0.05) is 23.5 Å². The molecule has 0 aliphatic carbocycles. The lowest BCUT2D eigenvalue weighted by molar-refractivity contribution is 0.247. The fraction of sp³-hybridized carbons (Fsp3) is 0.333. The Kier molecular flexibility index (Phi) is 6.63. The number of aryl methyl sites for hydroxylation is 1. The molecule has 0 radical (unpaired) electrons. The highest BCUT2D eigenvalue weighted by Gasteiger charge is 2.35. The summed E-state index contributed by atoms with van der Waals surface area (Å²) in [4.78, 5) is 0. The smallest absolute Gasteiger partial charge is 0.165 e. The first-order chi connectivity index (χ1) is 15.5. The first-order valence-electron chi connectivity index (χ1n) is 11.1. The van der Waals surface area contributed by atoms with Crippen molar-refractivity contribution >= 4 is 0 Å². The molecular weight excluding hydrogens is 410 g/mol. The van der Waals surface area contributed by atoms with Crippen LogP contribution < -0.4 is 9.47 Å². The zero-order valence-electron chi connectivity index (χ0n) is 18.4. The fourth-order valence-corrected chi connectivity index (χ4v) is 4.50. The number of hydrogen-bond acceptors (Lipinski definition) is 3. The van der Waals surface area contributed by atoms with E-state index in [1.165, 1.54) is 18.2 Å². The van der Waals surface area contributed by atoms with E-state index in [2.05, 4.69) is 6.92 Å². The number of unbranched alkanes of at least 4 members (excludes halogenated alkanes) is 2. The van der Waals surface area contributed by atoms with Crippen LogP contribution in [0.25, 0.3) is 0 Å². The Balaban J connectivity index is 1.72. The average Bonchev–Trinajstić information content (AvgIpc) is 2.77. The maximum atomic E-state index is 15.0. The first-order valence-corrected chi connectivity index (χ1v) is 11.1. The number of ether oxygens (including phenoxy) is 2. The molecular formula is C27H28F2O3. The van der Waals surface area contributed by atoms with E-state index in [0.717, 1.165) is 41.5 Å².